The first-order valence-corrected chi connectivity index (χ1v) is 17.0. The first kappa shape index (κ1) is 36.9. The summed E-state index contributed by atoms with van der Waals surface area (Å²) >= 11 is 0. The summed E-state index contributed by atoms with van der Waals surface area (Å²) in [5.41, 5.74) is 3.28. The minimum atomic E-state index is -0.922. The van der Waals surface area contributed by atoms with E-state index in [1.165, 1.54) is 0 Å². The van der Waals surface area contributed by atoms with Gasteiger partial charge in [0.15, 0.2) is 0 Å². The van der Waals surface area contributed by atoms with Crippen molar-refractivity contribution in [2.24, 2.45) is 0 Å². The lowest BCUT2D eigenvalue weighted by Gasteiger charge is -2.36. The average Bonchev–Trinajstić information content (AvgIpc) is 3.17. The second kappa shape index (κ2) is 16.6. The van der Waals surface area contributed by atoms with Crippen LogP contribution in [0.5, 0.6) is 5.88 Å². The summed E-state index contributed by atoms with van der Waals surface area (Å²) in [5, 5.41) is 2.55. The number of benzene rings is 3. The Morgan fingerprint density at radius 2 is 1.65 bits per heavy atom. The van der Waals surface area contributed by atoms with Gasteiger partial charge in [-0.15, -0.1) is 0 Å². The molecule has 2 heterocycles. The molecule has 1 N–H and O–H groups in total. The number of ether oxygens (including phenoxy) is 2. The SMILES string of the molecule is CCOOCC(c1ccccc1)N1C(=O)c2cc(CCCOc3cc(C)nc(NC(=O)OC(C)(C)C)n3)ccc2N(C)C(=O)C1c1ccccc1. The Hall–Kier alpha value is -5.33. The molecule has 2 atom stereocenters. The van der Waals surface area contributed by atoms with Gasteiger partial charge >= 0.3 is 6.09 Å². The first-order chi connectivity index (χ1) is 24.4. The Kier molecular flexibility index (Phi) is 12.0. The van der Waals surface area contributed by atoms with E-state index < -0.39 is 23.8 Å². The highest BCUT2D eigenvalue weighted by Crippen LogP contribution is 2.40. The van der Waals surface area contributed by atoms with Crippen LogP contribution < -0.4 is 15.0 Å². The van der Waals surface area contributed by atoms with Crippen molar-refractivity contribution in [1.82, 2.24) is 14.9 Å². The van der Waals surface area contributed by atoms with Crippen LogP contribution in [0.1, 0.15) is 78.9 Å². The van der Waals surface area contributed by atoms with E-state index in [9.17, 15) is 14.4 Å². The average molecular weight is 696 g/mol. The van der Waals surface area contributed by atoms with E-state index in [1.807, 2.05) is 85.8 Å². The number of amides is 3. The highest BCUT2D eigenvalue weighted by molar-refractivity contribution is 6.11. The number of nitrogens with zero attached hydrogens (tertiary/aromatic N) is 4. The van der Waals surface area contributed by atoms with E-state index in [0.29, 0.717) is 54.4 Å². The van der Waals surface area contributed by atoms with Crippen molar-refractivity contribution in [2.45, 2.75) is 65.1 Å². The molecule has 0 fully saturated rings. The molecule has 0 radical (unpaired) electrons. The van der Waals surface area contributed by atoms with Crippen LogP contribution in [0.3, 0.4) is 0 Å². The Balaban J connectivity index is 1.38. The Morgan fingerprint density at radius 3 is 2.33 bits per heavy atom. The molecule has 0 saturated carbocycles. The quantitative estimate of drug-likeness (QED) is 0.0891. The lowest BCUT2D eigenvalue weighted by molar-refractivity contribution is -0.298. The zero-order chi connectivity index (χ0) is 36.5. The molecular formula is C39H45N5O7. The number of fused-ring (bicyclic) bond motifs is 1. The number of aryl methyl sites for hydroxylation is 2. The van der Waals surface area contributed by atoms with Gasteiger partial charge in [0.1, 0.15) is 18.2 Å². The second-order valence-corrected chi connectivity index (χ2v) is 13.1. The Morgan fingerprint density at radius 1 is 0.941 bits per heavy atom. The minimum absolute atomic E-state index is 0.0216. The lowest BCUT2D eigenvalue weighted by Crippen LogP contribution is -2.44. The summed E-state index contributed by atoms with van der Waals surface area (Å²) in [6, 6.07) is 24.6. The van der Waals surface area contributed by atoms with Crippen LogP contribution in [0.2, 0.25) is 0 Å². The van der Waals surface area contributed by atoms with Gasteiger partial charge in [-0.3, -0.25) is 14.9 Å². The maximum absolute atomic E-state index is 14.8. The molecule has 0 saturated heterocycles. The molecule has 2 unspecified atom stereocenters. The maximum Gasteiger partial charge on any atom is 0.414 e. The predicted octanol–water partition coefficient (Wildman–Crippen LogP) is 7.01. The first-order valence-electron chi connectivity index (χ1n) is 17.0. The molecule has 1 aliphatic heterocycles. The standard InChI is InChI=1S/C39H45N5O7/c1-7-49-50-25-32(28-16-10-8-11-17-28)44-34(29-18-12-9-13-19-29)36(46)43(6)31-21-20-27(24-30(31)35(44)45)15-14-22-48-33-23-26(2)40-37(41-33)42-38(47)51-39(3,4)5/h8-13,16-21,23-24,32,34H,7,14-15,22,25H2,1-6H3,(H,40,41,42,47). The number of likely N-dealkylation sites (N-methyl/N-ethyl adjacent to an activating group) is 1. The highest BCUT2D eigenvalue weighted by atomic mass is 17.2. The van der Waals surface area contributed by atoms with Crippen molar-refractivity contribution in [1.29, 1.82) is 0 Å². The third-order valence-electron chi connectivity index (χ3n) is 8.10. The number of rotatable bonds is 13. The summed E-state index contributed by atoms with van der Waals surface area (Å²) < 4.78 is 11.2. The van der Waals surface area contributed by atoms with E-state index in [1.54, 1.807) is 50.6 Å². The van der Waals surface area contributed by atoms with E-state index in [2.05, 4.69) is 15.3 Å². The monoisotopic (exact) mass is 695 g/mol. The summed E-state index contributed by atoms with van der Waals surface area (Å²) in [5.74, 6) is -0.145. The third kappa shape index (κ3) is 9.47. The number of carbonyl (C=O) groups excluding carboxylic acids is 3. The van der Waals surface area contributed by atoms with Gasteiger partial charge in [0, 0.05) is 18.8 Å². The van der Waals surface area contributed by atoms with Crippen molar-refractivity contribution >= 4 is 29.5 Å². The fourth-order valence-electron chi connectivity index (χ4n) is 5.87. The predicted molar refractivity (Wildman–Crippen MR) is 192 cm³/mol. The molecule has 1 aliphatic rings. The van der Waals surface area contributed by atoms with Crippen LogP contribution in [-0.2, 0) is 25.7 Å². The molecule has 4 aromatic rings. The van der Waals surface area contributed by atoms with Crippen LogP contribution in [0, 0.1) is 6.92 Å². The summed E-state index contributed by atoms with van der Waals surface area (Å²) in [6.07, 6.45) is 0.531. The highest BCUT2D eigenvalue weighted by Gasteiger charge is 2.43. The number of hydrogen-bond acceptors (Lipinski definition) is 9. The van der Waals surface area contributed by atoms with Crippen molar-refractivity contribution in [3.05, 3.63) is 113 Å². The number of hydrogen-bond donors (Lipinski definition) is 1. The van der Waals surface area contributed by atoms with Gasteiger partial charge in [-0.25, -0.2) is 19.6 Å². The van der Waals surface area contributed by atoms with Gasteiger partial charge in [0.25, 0.3) is 11.8 Å². The van der Waals surface area contributed by atoms with Gasteiger partial charge in [-0.1, -0.05) is 66.7 Å². The van der Waals surface area contributed by atoms with Crippen LogP contribution in [0.4, 0.5) is 16.4 Å². The number of nitrogens with one attached hydrogen (secondary N) is 1. The molecule has 1 aromatic heterocycles. The van der Waals surface area contributed by atoms with E-state index in [-0.39, 0.29) is 24.4 Å². The van der Waals surface area contributed by atoms with Crippen LogP contribution in [0.15, 0.2) is 84.9 Å². The Bertz CT molecular complexity index is 1810. The normalized spacial score (nSPS) is 15.2. The third-order valence-corrected chi connectivity index (χ3v) is 8.10. The largest absolute Gasteiger partial charge is 0.478 e. The van der Waals surface area contributed by atoms with E-state index in [4.69, 9.17) is 19.2 Å². The second-order valence-electron chi connectivity index (χ2n) is 13.1. The molecule has 0 spiro atoms. The fourth-order valence-corrected chi connectivity index (χ4v) is 5.87. The maximum atomic E-state index is 14.8. The number of anilines is 2. The van der Waals surface area contributed by atoms with Crippen molar-refractivity contribution in [3.63, 3.8) is 0 Å². The fraction of sp³-hybridized carbons (Fsp3) is 0.359. The summed E-state index contributed by atoms with van der Waals surface area (Å²) in [4.78, 5) is 64.0. The summed E-state index contributed by atoms with van der Waals surface area (Å²) in [6.45, 7) is 9.58. The molecule has 3 amide bonds. The van der Waals surface area contributed by atoms with E-state index in [0.717, 1.165) is 11.1 Å². The van der Waals surface area contributed by atoms with E-state index >= 15 is 0 Å². The minimum Gasteiger partial charge on any atom is -0.478 e. The van der Waals surface area contributed by atoms with Gasteiger partial charge in [-0.2, -0.15) is 4.98 Å². The summed E-state index contributed by atoms with van der Waals surface area (Å²) in [7, 11) is 1.70. The molecule has 0 bridgehead atoms. The van der Waals surface area contributed by atoms with Crippen LogP contribution in [0.25, 0.3) is 0 Å². The molecule has 12 nitrogen and oxygen atoms in total. The van der Waals surface area contributed by atoms with Gasteiger partial charge in [-0.05, 0) is 76.3 Å². The molecule has 268 valence electrons. The zero-order valence-electron chi connectivity index (χ0n) is 29.9. The molecular weight excluding hydrogens is 650 g/mol. The lowest BCUT2D eigenvalue weighted by atomic mass is 9.97. The molecule has 5 rings (SSSR count). The molecule has 0 aliphatic carbocycles. The van der Waals surface area contributed by atoms with Gasteiger partial charge in [0.2, 0.25) is 11.8 Å². The zero-order valence-corrected chi connectivity index (χ0v) is 29.9. The van der Waals surface area contributed by atoms with Crippen molar-refractivity contribution in [2.75, 3.05) is 37.1 Å². The van der Waals surface area contributed by atoms with Crippen LogP contribution >= 0.6 is 0 Å². The smallest absolute Gasteiger partial charge is 0.414 e. The van der Waals surface area contributed by atoms with Crippen LogP contribution in [-0.4, -0.2) is 65.2 Å². The van der Waals surface area contributed by atoms with Crippen molar-refractivity contribution < 1.29 is 33.6 Å². The van der Waals surface area contributed by atoms with Gasteiger partial charge in [0.05, 0.1) is 30.5 Å². The Labute approximate surface area is 298 Å². The van der Waals surface area contributed by atoms with Crippen molar-refractivity contribution in [3.8, 4) is 5.88 Å². The molecule has 51 heavy (non-hydrogen) atoms. The topological polar surface area (TPSA) is 132 Å². The van der Waals surface area contributed by atoms with Gasteiger partial charge < -0.3 is 19.3 Å². The molecule has 12 heteroatoms. The molecule has 3 aromatic carbocycles. The number of carbonyl (C=O) groups is 3. The number of aromatic nitrogens is 2.